The lowest BCUT2D eigenvalue weighted by Crippen LogP contribution is -2.44. The first-order valence-corrected chi connectivity index (χ1v) is 9.90. The van der Waals surface area contributed by atoms with Crippen molar-refractivity contribution < 1.29 is 18.7 Å². The van der Waals surface area contributed by atoms with Crippen molar-refractivity contribution in [3.63, 3.8) is 0 Å². The van der Waals surface area contributed by atoms with Gasteiger partial charge in [-0.2, -0.15) is 10.4 Å². The third-order valence-electron chi connectivity index (χ3n) is 4.91. The zero-order valence-electron chi connectivity index (χ0n) is 17.0. The molecule has 4 rings (SSSR count). The number of aromatic nitrogens is 2. The van der Waals surface area contributed by atoms with Gasteiger partial charge in [-0.15, -0.1) is 0 Å². The molecule has 1 aromatic heterocycles. The minimum Gasteiger partial charge on any atom is -0.441 e. The number of H-pyrrole nitrogens is 1. The van der Waals surface area contributed by atoms with Crippen molar-refractivity contribution in [1.29, 1.82) is 5.26 Å². The van der Waals surface area contributed by atoms with Crippen LogP contribution in [0.4, 0.5) is 20.7 Å². The second kappa shape index (κ2) is 10.4. The highest BCUT2D eigenvalue weighted by Gasteiger charge is 2.28. The van der Waals surface area contributed by atoms with Crippen molar-refractivity contribution in [3.8, 4) is 6.07 Å². The van der Waals surface area contributed by atoms with Crippen LogP contribution >= 0.6 is 0 Å². The van der Waals surface area contributed by atoms with Crippen molar-refractivity contribution in [2.75, 3.05) is 31.6 Å². The molecule has 0 aliphatic carbocycles. The van der Waals surface area contributed by atoms with Crippen LogP contribution in [0.25, 0.3) is 5.70 Å². The Labute approximate surface area is 179 Å². The summed E-state index contributed by atoms with van der Waals surface area (Å²) in [4.78, 5) is 13.2. The molecule has 164 valence electrons. The topological polar surface area (TPSA) is 129 Å². The molecule has 2 saturated heterocycles. The van der Waals surface area contributed by atoms with E-state index in [1.807, 2.05) is 0 Å². The SMILES string of the molecule is C=C(N)c1cn[nH]c1Nc1ccc(F)cc1.N#CC1CCN(C(=O)OC2COC2)CC1. The third kappa shape index (κ3) is 6.20. The Kier molecular flexibility index (Phi) is 7.45. The van der Waals surface area contributed by atoms with Gasteiger partial charge in [0.1, 0.15) is 11.6 Å². The van der Waals surface area contributed by atoms with Gasteiger partial charge in [0.05, 0.1) is 31.0 Å². The highest BCUT2D eigenvalue weighted by Crippen LogP contribution is 2.21. The van der Waals surface area contributed by atoms with Gasteiger partial charge in [0.2, 0.25) is 0 Å². The van der Waals surface area contributed by atoms with E-state index in [1.54, 1.807) is 23.2 Å². The lowest BCUT2D eigenvalue weighted by molar-refractivity contribution is -0.105. The number of ether oxygens (including phenoxy) is 2. The lowest BCUT2D eigenvalue weighted by Gasteiger charge is -2.32. The molecule has 10 heteroatoms. The second-order valence-corrected chi connectivity index (χ2v) is 7.25. The zero-order valence-corrected chi connectivity index (χ0v) is 17.0. The van der Waals surface area contributed by atoms with Crippen molar-refractivity contribution in [2.45, 2.75) is 18.9 Å². The number of rotatable bonds is 4. The number of anilines is 2. The first kappa shape index (κ1) is 22.1. The fourth-order valence-corrected chi connectivity index (χ4v) is 2.99. The van der Waals surface area contributed by atoms with E-state index in [4.69, 9.17) is 20.5 Å². The largest absolute Gasteiger partial charge is 0.441 e. The summed E-state index contributed by atoms with van der Waals surface area (Å²) in [7, 11) is 0. The van der Waals surface area contributed by atoms with Crippen molar-refractivity contribution in [2.24, 2.45) is 11.7 Å². The molecule has 2 aliphatic rings. The molecule has 3 heterocycles. The standard InChI is InChI=1S/C11H11FN4.C10H14N2O3/c1-7(13)10-6-14-16-11(10)15-9-4-2-8(12)3-5-9;11-5-8-1-3-12(4-2-8)10(13)15-9-6-14-7-9/h2-6H,1,13H2,(H2,14,15,16);8-9H,1-4,6-7H2. The maximum Gasteiger partial charge on any atom is 0.410 e. The predicted octanol–water partition coefficient (Wildman–Crippen LogP) is 2.98. The van der Waals surface area contributed by atoms with Crippen LogP contribution in [-0.4, -0.2) is 53.6 Å². The van der Waals surface area contributed by atoms with E-state index >= 15 is 0 Å². The number of hydrogen-bond donors (Lipinski definition) is 3. The third-order valence-corrected chi connectivity index (χ3v) is 4.91. The maximum absolute atomic E-state index is 12.7. The number of nitrogens with zero attached hydrogens (tertiary/aromatic N) is 3. The molecule has 9 nitrogen and oxygen atoms in total. The molecule has 2 fully saturated rings. The van der Waals surface area contributed by atoms with E-state index in [1.165, 1.54) is 12.1 Å². The molecule has 0 bridgehead atoms. The first-order chi connectivity index (χ1) is 15.0. The molecule has 2 aliphatic heterocycles. The molecule has 0 atom stereocenters. The van der Waals surface area contributed by atoms with E-state index in [0.717, 1.165) is 18.5 Å². The monoisotopic (exact) mass is 428 g/mol. The van der Waals surface area contributed by atoms with Gasteiger partial charge in [-0.1, -0.05) is 6.58 Å². The van der Waals surface area contributed by atoms with Crippen molar-refractivity contribution >= 4 is 23.3 Å². The van der Waals surface area contributed by atoms with Crippen LogP contribution in [0.3, 0.4) is 0 Å². The van der Waals surface area contributed by atoms with Crippen LogP contribution < -0.4 is 11.1 Å². The van der Waals surface area contributed by atoms with E-state index < -0.39 is 0 Å². The van der Waals surface area contributed by atoms with E-state index in [0.29, 0.717) is 43.4 Å². The molecule has 0 saturated carbocycles. The molecule has 2 aromatic rings. The molecule has 0 spiro atoms. The summed E-state index contributed by atoms with van der Waals surface area (Å²) in [6.45, 7) is 5.92. The Hall–Kier alpha value is -3.58. The molecule has 0 unspecified atom stereocenters. The Bertz CT molecular complexity index is 927. The minimum absolute atomic E-state index is 0.0637. The Morgan fingerprint density at radius 1 is 1.35 bits per heavy atom. The number of carbonyl (C=O) groups is 1. The van der Waals surface area contributed by atoms with Gasteiger partial charge in [-0.05, 0) is 37.1 Å². The molecular formula is C21H25FN6O3. The first-order valence-electron chi connectivity index (χ1n) is 9.90. The summed E-state index contributed by atoms with van der Waals surface area (Å²) in [5.74, 6) is 0.457. The van der Waals surface area contributed by atoms with E-state index in [2.05, 4.69) is 28.2 Å². The molecule has 0 radical (unpaired) electrons. The van der Waals surface area contributed by atoms with Gasteiger partial charge in [0.15, 0.2) is 6.10 Å². The summed E-state index contributed by atoms with van der Waals surface area (Å²) in [5.41, 5.74) is 7.44. The van der Waals surface area contributed by atoms with Gasteiger partial charge in [0, 0.05) is 30.4 Å². The number of likely N-dealkylation sites (tertiary alicyclic amines) is 1. The average Bonchev–Trinajstić information content (AvgIpc) is 3.21. The van der Waals surface area contributed by atoms with Gasteiger partial charge in [-0.3, -0.25) is 5.10 Å². The van der Waals surface area contributed by atoms with Crippen LogP contribution in [0.2, 0.25) is 0 Å². The van der Waals surface area contributed by atoms with Crippen LogP contribution in [0.1, 0.15) is 18.4 Å². The second-order valence-electron chi connectivity index (χ2n) is 7.25. The van der Waals surface area contributed by atoms with Crippen LogP contribution in [0.5, 0.6) is 0 Å². The van der Waals surface area contributed by atoms with Crippen molar-refractivity contribution in [1.82, 2.24) is 15.1 Å². The molecular weight excluding hydrogens is 403 g/mol. The zero-order chi connectivity index (χ0) is 22.2. The van der Waals surface area contributed by atoms with Crippen LogP contribution in [-0.2, 0) is 9.47 Å². The van der Waals surface area contributed by atoms with Gasteiger partial charge >= 0.3 is 6.09 Å². The number of carbonyl (C=O) groups excluding carboxylic acids is 1. The number of nitrogens with two attached hydrogens (primary N) is 1. The number of aromatic amines is 1. The number of nitrogens with one attached hydrogen (secondary N) is 2. The molecule has 4 N–H and O–H groups in total. The van der Waals surface area contributed by atoms with Crippen LogP contribution in [0.15, 0.2) is 37.0 Å². The summed E-state index contributed by atoms with van der Waals surface area (Å²) >= 11 is 0. The Morgan fingerprint density at radius 2 is 2.03 bits per heavy atom. The summed E-state index contributed by atoms with van der Waals surface area (Å²) in [6.07, 6.45) is 2.76. The molecule has 31 heavy (non-hydrogen) atoms. The highest BCUT2D eigenvalue weighted by atomic mass is 19.1. The predicted molar refractivity (Wildman–Crippen MR) is 112 cm³/mol. The lowest BCUT2D eigenvalue weighted by atomic mass is 9.99. The normalized spacial score (nSPS) is 16.3. The fraction of sp³-hybridized carbons (Fsp3) is 0.381. The minimum atomic E-state index is -0.279. The van der Waals surface area contributed by atoms with Gasteiger partial charge in [0.25, 0.3) is 0 Å². The van der Waals surface area contributed by atoms with Gasteiger partial charge < -0.3 is 25.4 Å². The Morgan fingerprint density at radius 3 is 2.58 bits per heavy atom. The quantitative estimate of drug-likeness (QED) is 0.683. The molecule has 1 aromatic carbocycles. The summed E-state index contributed by atoms with van der Waals surface area (Å²) in [5, 5.41) is 18.4. The number of hydrogen-bond acceptors (Lipinski definition) is 7. The smallest absolute Gasteiger partial charge is 0.410 e. The highest BCUT2D eigenvalue weighted by molar-refractivity contribution is 5.73. The fourth-order valence-electron chi connectivity index (χ4n) is 2.99. The number of amides is 1. The van der Waals surface area contributed by atoms with E-state index in [9.17, 15) is 9.18 Å². The van der Waals surface area contributed by atoms with Crippen molar-refractivity contribution in [3.05, 3.63) is 48.4 Å². The number of piperidine rings is 1. The van der Waals surface area contributed by atoms with Crippen LogP contribution in [0, 0.1) is 23.1 Å². The van der Waals surface area contributed by atoms with Gasteiger partial charge in [-0.25, -0.2) is 9.18 Å². The summed E-state index contributed by atoms with van der Waals surface area (Å²) in [6, 6.07) is 8.22. The molecule has 1 amide bonds. The number of benzene rings is 1. The number of nitriles is 1. The average molecular weight is 428 g/mol. The maximum atomic E-state index is 12.7. The summed E-state index contributed by atoms with van der Waals surface area (Å²) < 4.78 is 22.8. The Balaban J connectivity index is 0.000000176. The van der Waals surface area contributed by atoms with E-state index in [-0.39, 0.29) is 23.9 Å². The number of halogens is 1.